The number of rotatable bonds is 4. The third-order valence-electron chi connectivity index (χ3n) is 5.99. The van der Waals surface area contributed by atoms with E-state index in [0.29, 0.717) is 0 Å². The van der Waals surface area contributed by atoms with Crippen LogP contribution in [0, 0.1) is 0 Å². The van der Waals surface area contributed by atoms with Gasteiger partial charge in [0.2, 0.25) is 0 Å². The van der Waals surface area contributed by atoms with Gasteiger partial charge in [0.25, 0.3) is 0 Å². The van der Waals surface area contributed by atoms with E-state index < -0.39 is 7.92 Å². The van der Waals surface area contributed by atoms with Gasteiger partial charge in [-0.15, -0.1) is 0 Å². The molecule has 0 N–H and O–H groups in total. The molecule has 33 heavy (non-hydrogen) atoms. The zero-order valence-corrected chi connectivity index (χ0v) is 22.3. The summed E-state index contributed by atoms with van der Waals surface area (Å²) in [6, 6.07) is 26.6. The Morgan fingerprint density at radius 3 is 1.61 bits per heavy atom. The van der Waals surface area contributed by atoms with E-state index >= 15 is 0 Å². The topological polar surface area (TPSA) is 9.23 Å². The quantitative estimate of drug-likeness (QED) is 0.278. The molecule has 0 amide bonds. The van der Waals surface area contributed by atoms with E-state index in [9.17, 15) is 0 Å². The minimum absolute atomic E-state index is 0.107. The number of fused-ring (bicyclic) bond motifs is 2. The largest absolute Gasteiger partial charge is 0.490 e. The van der Waals surface area contributed by atoms with Gasteiger partial charge in [-0.3, -0.25) is 0 Å². The molecule has 0 aliphatic rings. The van der Waals surface area contributed by atoms with Crippen molar-refractivity contribution in [3.63, 3.8) is 0 Å². The van der Waals surface area contributed by atoms with Gasteiger partial charge in [-0.2, -0.15) is 0 Å². The van der Waals surface area contributed by atoms with Crippen LogP contribution in [0.3, 0.4) is 0 Å². The van der Waals surface area contributed by atoms with Crippen LogP contribution >= 0.6 is 7.92 Å². The zero-order chi connectivity index (χ0) is 24.0. The Balaban J connectivity index is 2.21. The summed E-state index contributed by atoms with van der Waals surface area (Å²) in [5, 5.41) is 6.87. The van der Waals surface area contributed by atoms with Crippen molar-refractivity contribution in [3.05, 3.63) is 72.8 Å². The summed E-state index contributed by atoms with van der Waals surface area (Å²) in [5.74, 6) is 0.971. The summed E-state index contributed by atoms with van der Waals surface area (Å²) in [6.07, 6.45) is 0.107. The average Bonchev–Trinajstić information content (AvgIpc) is 2.71. The summed E-state index contributed by atoms with van der Waals surface area (Å²) >= 11 is 0. The van der Waals surface area contributed by atoms with Crippen molar-refractivity contribution in [1.82, 2.24) is 0 Å². The van der Waals surface area contributed by atoms with E-state index in [4.69, 9.17) is 4.74 Å². The first-order chi connectivity index (χ1) is 15.5. The molecule has 4 aromatic rings. The summed E-state index contributed by atoms with van der Waals surface area (Å²) in [4.78, 5) is 0. The fourth-order valence-electron chi connectivity index (χ4n) is 5.30. The average molecular weight is 457 g/mol. The Morgan fingerprint density at radius 1 is 0.606 bits per heavy atom. The van der Waals surface area contributed by atoms with E-state index in [-0.39, 0.29) is 16.4 Å². The molecule has 0 heterocycles. The molecule has 0 unspecified atom stereocenters. The van der Waals surface area contributed by atoms with Gasteiger partial charge < -0.3 is 4.74 Å². The zero-order valence-electron chi connectivity index (χ0n) is 21.4. The maximum Gasteiger partial charge on any atom is 0.128 e. The maximum absolute atomic E-state index is 6.47. The normalized spacial score (nSPS) is 12.8. The molecule has 0 fully saturated rings. The molecule has 0 aliphatic carbocycles. The number of ether oxygens (including phenoxy) is 1. The molecule has 0 saturated heterocycles. The summed E-state index contributed by atoms with van der Waals surface area (Å²) in [5.41, 5.74) is 2.58. The standard InChI is InChI=1S/C31H37OP/c1-21(2)32-26-19-17-22-13-9-11-15-24(22)28(26)29-25-16-12-10-14-23(25)18-20-27(29)33(30(3,4)5)31(6,7)8/h9-21H,1-8H3. The van der Waals surface area contributed by atoms with Crippen LogP contribution in [-0.4, -0.2) is 16.4 Å². The minimum atomic E-state index is -0.499. The molecule has 0 radical (unpaired) electrons. The van der Waals surface area contributed by atoms with Gasteiger partial charge in [-0.1, -0.05) is 116 Å². The lowest BCUT2D eigenvalue weighted by atomic mass is 9.93. The second-order valence-corrected chi connectivity index (χ2v) is 15.0. The fourth-order valence-corrected chi connectivity index (χ4v) is 9.44. The van der Waals surface area contributed by atoms with Crippen LogP contribution < -0.4 is 10.0 Å². The van der Waals surface area contributed by atoms with Crippen LogP contribution in [0.5, 0.6) is 5.75 Å². The first kappa shape index (κ1) is 23.8. The summed E-state index contributed by atoms with van der Waals surface area (Å²) in [7, 11) is -0.499. The highest BCUT2D eigenvalue weighted by atomic mass is 31.1. The van der Waals surface area contributed by atoms with Crippen LogP contribution in [0.25, 0.3) is 32.7 Å². The van der Waals surface area contributed by atoms with E-state index in [0.717, 1.165) is 5.75 Å². The molecular weight excluding hydrogens is 419 g/mol. The van der Waals surface area contributed by atoms with E-state index in [2.05, 4.69) is 128 Å². The van der Waals surface area contributed by atoms with Crippen LogP contribution in [0.4, 0.5) is 0 Å². The molecule has 1 nitrogen and oxygen atoms in total. The molecule has 0 aliphatic heterocycles. The Hall–Kier alpha value is -2.37. The molecular formula is C31H37OP. The Kier molecular flexibility index (Phi) is 6.32. The van der Waals surface area contributed by atoms with E-state index in [1.54, 1.807) is 0 Å². The highest BCUT2D eigenvalue weighted by molar-refractivity contribution is 7.68. The highest BCUT2D eigenvalue weighted by Crippen LogP contribution is 2.60. The van der Waals surface area contributed by atoms with Gasteiger partial charge in [0, 0.05) is 11.1 Å². The van der Waals surface area contributed by atoms with Crippen molar-refractivity contribution >= 4 is 34.8 Å². The van der Waals surface area contributed by atoms with Crippen molar-refractivity contribution in [2.75, 3.05) is 0 Å². The third kappa shape index (κ3) is 4.67. The summed E-state index contributed by atoms with van der Waals surface area (Å²) in [6.45, 7) is 18.6. The van der Waals surface area contributed by atoms with E-state index in [1.807, 2.05) is 0 Å². The van der Waals surface area contributed by atoms with Crippen LogP contribution in [0.1, 0.15) is 55.4 Å². The first-order valence-corrected chi connectivity index (χ1v) is 13.3. The van der Waals surface area contributed by atoms with Crippen molar-refractivity contribution < 1.29 is 4.74 Å². The fraction of sp³-hybridized carbons (Fsp3) is 0.355. The first-order valence-electron chi connectivity index (χ1n) is 12.0. The molecule has 2 heteroatoms. The maximum atomic E-state index is 6.47. The van der Waals surface area contributed by atoms with Gasteiger partial charge in [-0.05, 0) is 57.1 Å². The molecule has 0 saturated carbocycles. The lowest BCUT2D eigenvalue weighted by molar-refractivity contribution is 0.244. The van der Waals surface area contributed by atoms with Gasteiger partial charge in [-0.25, -0.2) is 0 Å². The second kappa shape index (κ2) is 8.77. The predicted octanol–water partition coefficient (Wildman–Crippen LogP) is 9.15. The molecule has 0 spiro atoms. The van der Waals surface area contributed by atoms with E-state index in [1.165, 1.54) is 38.0 Å². The van der Waals surface area contributed by atoms with Crippen molar-refractivity contribution in [3.8, 4) is 16.9 Å². The van der Waals surface area contributed by atoms with Gasteiger partial charge >= 0.3 is 0 Å². The molecule has 172 valence electrons. The second-order valence-electron chi connectivity index (χ2n) is 11.2. The van der Waals surface area contributed by atoms with Crippen LogP contribution in [0.2, 0.25) is 0 Å². The smallest absolute Gasteiger partial charge is 0.128 e. The Bertz CT molecular complexity index is 1270. The molecule has 0 bridgehead atoms. The number of benzene rings is 4. The van der Waals surface area contributed by atoms with Crippen molar-refractivity contribution in [2.24, 2.45) is 0 Å². The van der Waals surface area contributed by atoms with Gasteiger partial charge in [0.1, 0.15) is 5.75 Å². The van der Waals surface area contributed by atoms with Gasteiger partial charge in [0.15, 0.2) is 0 Å². The van der Waals surface area contributed by atoms with Crippen molar-refractivity contribution in [2.45, 2.75) is 71.8 Å². The van der Waals surface area contributed by atoms with Crippen LogP contribution in [-0.2, 0) is 0 Å². The number of hydrogen-bond acceptors (Lipinski definition) is 1. The molecule has 4 aromatic carbocycles. The lowest BCUT2D eigenvalue weighted by Gasteiger charge is -2.43. The Labute approximate surface area is 200 Å². The SMILES string of the molecule is CC(C)Oc1ccc2ccccc2c1-c1c(P(C(C)(C)C)C(C)(C)C)ccc2ccccc12. The molecule has 0 atom stereocenters. The minimum Gasteiger partial charge on any atom is -0.490 e. The Morgan fingerprint density at radius 2 is 1.09 bits per heavy atom. The lowest BCUT2D eigenvalue weighted by Crippen LogP contribution is -2.32. The number of hydrogen-bond donors (Lipinski definition) is 0. The van der Waals surface area contributed by atoms with Crippen molar-refractivity contribution in [1.29, 1.82) is 0 Å². The monoisotopic (exact) mass is 456 g/mol. The van der Waals surface area contributed by atoms with Crippen LogP contribution in [0.15, 0.2) is 72.8 Å². The summed E-state index contributed by atoms with van der Waals surface area (Å²) < 4.78 is 6.47. The molecule has 0 aromatic heterocycles. The van der Waals surface area contributed by atoms with Gasteiger partial charge in [0.05, 0.1) is 6.10 Å². The molecule has 4 rings (SSSR count). The highest BCUT2D eigenvalue weighted by Gasteiger charge is 2.38. The third-order valence-corrected chi connectivity index (χ3v) is 9.53. The predicted molar refractivity (Wildman–Crippen MR) is 149 cm³/mol.